The van der Waals surface area contributed by atoms with Crippen LogP contribution >= 0.6 is 0 Å². The van der Waals surface area contributed by atoms with E-state index in [-0.39, 0.29) is 5.97 Å². The highest BCUT2D eigenvalue weighted by Gasteiger charge is 2.48. The topological polar surface area (TPSA) is 41.6 Å². The van der Waals surface area contributed by atoms with Gasteiger partial charge in [-0.2, -0.15) is 0 Å². The highest BCUT2D eigenvalue weighted by atomic mass is 16.5. The van der Waals surface area contributed by atoms with Crippen LogP contribution in [-0.2, 0) is 9.53 Å². The molecule has 2 atom stereocenters. The molecule has 0 spiro atoms. The first-order chi connectivity index (χ1) is 8.48. The van der Waals surface area contributed by atoms with Gasteiger partial charge in [-0.25, -0.2) is 0 Å². The van der Waals surface area contributed by atoms with Crippen LogP contribution in [-0.4, -0.2) is 48.7 Å². The Kier molecular flexibility index (Phi) is 3.97. The van der Waals surface area contributed by atoms with Crippen LogP contribution in [0.25, 0.3) is 0 Å². The van der Waals surface area contributed by atoms with E-state index in [9.17, 15) is 4.79 Å². The molecule has 0 amide bonds. The summed E-state index contributed by atoms with van der Waals surface area (Å²) < 4.78 is 5.02. The Hall–Kier alpha value is -0.610. The van der Waals surface area contributed by atoms with Crippen molar-refractivity contribution in [1.82, 2.24) is 10.2 Å². The quantitative estimate of drug-likeness (QED) is 0.756. The summed E-state index contributed by atoms with van der Waals surface area (Å²) in [4.78, 5) is 14.6. The maximum atomic E-state index is 12.1. The SMILES string of the molecule is COC(=O)C1(NC(C)C)CCC(N(C)C2CC2)C1. The van der Waals surface area contributed by atoms with E-state index in [1.165, 1.54) is 20.0 Å². The van der Waals surface area contributed by atoms with Crippen LogP contribution in [0.15, 0.2) is 0 Å². The van der Waals surface area contributed by atoms with Crippen molar-refractivity contribution in [2.24, 2.45) is 0 Å². The summed E-state index contributed by atoms with van der Waals surface area (Å²) in [6, 6.07) is 1.57. The smallest absolute Gasteiger partial charge is 0.326 e. The molecule has 0 heterocycles. The van der Waals surface area contributed by atoms with Gasteiger partial charge in [-0.15, -0.1) is 0 Å². The molecular formula is C14H26N2O2. The van der Waals surface area contributed by atoms with Gasteiger partial charge < -0.3 is 9.64 Å². The third kappa shape index (κ3) is 2.69. The number of nitrogens with zero attached hydrogens (tertiary/aromatic N) is 1. The molecule has 0 aromatic rings. The predicted octanol–water partition coefficient (Wildman–Crippen LogP) is 1.54. The third-order valence-electron chi connectivity index (χ3n) is 4.33. The van der Waals surface area contributed by atoms with Gasteiger partial charge in [-0.05, 0) is 53.0 Å². The molecule has 0 aliphatic heterocycles. The average molecular weight is 254 g/mol. The summed E-state index contributed by atoms with van der Waals surface area (Å²) in [5.41, 5.74) is -0.462. The van der Waals surface area contributed by atoms with Gasteiger partial charge in [0.1, 0.15) is 5.54 Å². The Morgan fingerprint density at radius 1 is 1.33 bits per heavy atom. The van der Waals surface area contributed by atoms with Gasteiger partial charge in [0.25, 0.3) is 0 Å². The molecule has 2 aliphatic carbocycles. The normalized spacial score (nSPS) is 32.2. The second kappa shape index (κ2) is 5.17. The van der Waals surface area contributed by atoms with Crippen molar-refractivity contribution in [3.63, 3.8) is 0 Å². The number of hydrogen-bond acceptors (Lipinski definition) is 4. The monoisotopic (exact) mass is 254 g/mol. The fourth-order valence-corrected chi connectivity index (χ4v) is 3.27. The largest absolute Gasteiger partial charge is 0.468 e. The third-order valence-corrected chi connectivity index (χ3v) is 4.33. The number of methoxy groups -OCH3 is 1. The van der Waals surface area contributed by atoms with Crippen molar-refractivity contribution in [1.29, 1.82) is 0 Å². The molecule has 0 bridgehead atoms. The number of esters is 1. The average Bonchev–Trinajstić information content (AvgIpc) is 3.09. The first kappa shape index (κ1) is 13.8. The van der Waals surface area contributed by atoms with Gasteiger partial charge in [0.2, 0.25) is 0 Å². The summed E-state index contributed by atoms with van der Waals surface area (Å²) >= 11 is 0. The van der Waals surface area contributed by atoms with E-state index in [1.807, 2.05) is 0 Å². The highest BCUT2D eigenvalue weighted by molar-refractivity contribution is 5.81. The summed E-state index contributed by atoms with van der Waals surface area (Å²) in [5, 5.41) is 3.45. The van der Waals surface area contributed by atoms with E-state index in [1.54, 1.807) is 0 Å². The molecule has 1 N–H and O–H groups in total. The second-order valence-electron chi connectivity index (χ2n) is 6.17. The minimum Gasteiger partial charge on any atom is -0.468 e. The van der Waals surface area contributed by atoms with Crippen molar-refractivity contribution in [3.8, 4) is 0 Å². The summed E-state index contributed by atoms with van der Waals surface area (Å²) in [6.07, 6.45) is 5.48. The molecule has 0 radical (unpaired) electrons. The molecular weight excluding hydrogens is 228 g/mol. The molecule has 2 unspecified atom stereocenters. The van der Waals surface area contributed by atoms with E-state index in [2.05, 4.69) is 31.1 Å². The van der Waals surface area contributed by atoms with Crippen LogP contribution in [0.4, 0.5) is 0 Å². The van der Waals surface area contributed by atoms with Crippen molar-refractivity contribution in [3.05, 3.63) is 0 Å². The Bertz CT molecular complexity index is 315. The summed E-state index contributed by atoms with van der Waals surface area (Å²) in [6.45, 7) is 4.17. The van der Waals surface area contributed by atoms with Crippen molar-refractivity contribution < 1.29 is 9.53 Å². The van der Waals surface area contributed by atoms with Crippen molar-refractivity contribution >= 4 is 5.97 Å². The number of carbonyl (C=O) groups excluding carboxylic acids is 1. The minimum atomic E-state index is -0.462. The number of carbonyl (C=O) groups is 1. The van der Waals surface area contributed by atoms with Gasteiger partial charge in [-0.1, -0.05) is 0 Å². The van der Waals surface area contributed by atoms with Crippen LogP contribution in [0.5, 0.6) is 0 Å². The first-order valence-electron chi connectivity index (χ1n) is 7.06. The molecule has 2 aliphatic rings. The maximum absolute atomic E-state index is 12.1. The van der Waals surface area contributed by atoms with E-state index in [4.69, 9.17) is 4.74 Å². The molecule has 0 aromatic heterocycles. The van der Waals surface area contributed by atoms with Crippen LogP contribution in [0, 0.1) is 0 Å². The zero-order valence-electron chi connectivity index (χ0n) is 12.0. The van der Waals surface area contributed by atoms with Crippen molar-refractivity contribution in [2.75, 3.05) is 14.2 Å². The molecule has 2 fully saturated rings. The molecule has 2 rings (SSSR count). The molecule has 2 saturated carbocycles. The van der Waals surface area contributed by atoms with Gasteiger partial charge in [0.15, 0.2) is 0 Å². The zero-order valence-corrected chi connectivity index (χ0v) is 12.0. The lowest BCUT2D eigenvalue weighted by atomic mass is 9.96. The summed E-state index contributed by atoms with van der Waals surface area (Å²) in [7, 11) is 3.69. The molecule has 4 heteroatoms. The molecule has 0 aromatic carbocycles. The lowest BCUT2D eigenvalue weighted by molar-refractivity contribution is -0.149. The zero-order chi connectivity index (χ0) is 13.3. The summed E-state index contributed by atoms with van der Waals surface area (Å²) in [5.74, 6) is -0.0945. The van der Waals surface area contributed by atoms with E-state index >= 15 is 0 Å². The van der Waals surface area contributed by atoms with Crippen LogP contribution in [0.3, 0.4) is 0 Å². The van der Waals surface area contributed by atoms with E-state index < -0.39 is 5.54 Å². The number of ether oxygens (including phenoxy) is 1. The van der Waals surface area contributed by atoms with Gasteiger partial charge >= 0.3 is 5.97 Å². The predicted molar refractivity (Wildman–Crippen MR) is 71.4 cm³/mol. The Balaban J connectivity index is 2.05. The maximum Gasteiger partial charge on any atom is 0.326 e. The fraction of sp³-hybridized carbons (Fsp3) is 0.929. The fourth-order valence-electron chi connectivity index (χ4n) is 3.27. The van der Waals surface area contributed by atoms with Crippen molar-refractivity contribution in [2.45, 2.75) is 69.6 Å². The molecule has 4 nitrogen and oxygen atoms in total. The first-order valence-corrected chi connectivity index (χ1v) is 7.06. The van der Waals surface area contributed by atoms with Gasteiger partial charge in [0, 0.05) is 18.1 Å². The molecule has 104 valence electrons. The van der Waals surface area contributed by atoms with E-state index in [0.717, 1.165) is 25.3 Å². The van der Waals surface area contributed by atoms with E-state index in [0.29, 0.717) is 12.1 Å². The van der Waals surface area contributed by atoms with Crippen LogP contribution in [0.1, 0.15) is 46.0 Å². The second-order valence-corrected chi connectivity index (χ2v) is 6.17. The number of rotatable bonds is 5. The van der Waals surface area contributed by atoms with Gasteiger partial charge in [-0.3, -0.25) is 10.1 Å². The Morgan fingerprint density at radius 3 is 2.50 bits per heavy atom. The Morgan fingerprint density at radius 2 is 2.00 bits per heavy atom. The van der Waals surface area contributed by atoms with Crippen LogP contribution in [0.2, 0.25) is 0 Å². The highest BCUT2D eigenvalue weighted by Crippen LogP contribution is 2.38. The Labute approximate surface area is 110 Å². The van der Waals surface area contributed by atoms with Gasteiger partial charge in [0.05, 0.1) is 7.11 Å². The molecule has 0 saturated heterocycles. The standard InChI is InChI=1S/C14H26N2O2/c1-10(2)15-14(13(17)18-4)8-7-12(9-14)16(3)11-5-6-11/h10-12,15H,5-9H2,1-4H3. The lowest BCUT2D eigenvalue weighted by Gasteiger charge is -2.31. The number of hydrogen-bond donors (Lipinski definition) is 1. The lowest BCUT2D eigenvalue weighted by Crippen LogP contribution is -2.54. The minimum absolute atomic E-state index is 0.0945. The van der Waals surface area contributed by atoms with Crippen LogP contribution < -0.4 is 5.32 Å². The number of nitrogens with one attached hydrogen (secondary N) is 1. The molecule has 18 heavy (non-hydrogen) atoms.